The van der Waals surface area contributed by atoms with Gasteiger partial charge in [0, 0.05) is 24.8 Å². The number of hydrogen-bond acceptors (Lipinski definition) is 3. The van der Waals surface area contributed by atoms with Gasteiger partial charge in [0.15, 0.2) is 0 Å². The van der Waals surface area contributed by atoms with Crippen molar-refractivity contribution < 1.29 is 9.84 Å². The summed E-state index contributed by atoms with van der Waals surface area (Å²) in [5.41, 5.74) is -0.213. The molecule has 0 aliphatic rings. The molecule has 0 aromatic carbocycles. The Bertz CT molecular complexity index is 197. The summed E-state index contributed by atoms with van der Waals surface area (Å²) in [4.78, 5) is 0. The van der Waals surface area contributed by atoms with Crippen LogP contribution in [0.5, 0.6) is 0 Å². The van der Waals surface area contributed by atoms with Gasteiger partial charge in [-0.3, -0.25) is 0 Å². The van der Waals surface area contributed by atoms with Crippen LogP contribution in [-0.4, -0.2) is 36.5 Å². The zero-order valence-corrected chi connectivity index (χ0v) is 13.5. The fourth-order valence-electron chi connectivity index (χ4n) is 2.28. The molecule has 3 nitrogen and oxygen atoms in total. The topological polar surface area (TPSA) is 41.5 Å². The zero-order chi connectivity index (χ0) is 14.6. The van der Waals surface area contributed by atoms with Gasteiger partial charge in [-0.2, -0.15) is 0 Å². The molecular weight excluding hydrogens is 238 g/mol. The first-order chi connectivity index (χ1) is 9.04. The highest BCUT2D eigenvalue weighted by atomic mass is 16.5. The number of rotatable bonds is 13. The largest absolute Gasteiger partial charge is 0.394 e. The minimum Gasteiger partial charge on any atom is -0.394 e. The molecule has 0 aromatic heterocycles. The predicted molar refractivity (Wildman–Crippen MR) is 82.6 cm³/mol. The Hall–Kier alpha value is -0.120. The van der Waals surface area contributed by atoms with Gasteiger partial charge in [0.05, 0.1) is 6.61 Å². The minimum absolute atomic E-state index is 0.158. The summed E-state index contributed by atoms with van der Waals surface area (Å²) in [5, 5.41) is 12.8. The Morgan fingerprint density at radius 2 is 1.68 bits per heavy atom. The second-order valence-electron chi connectivity index (χ2n) is 6.15. The summed E-state index contributed by atoms with van der Waals surface area (Å²) < 4.78 is 5.67. The Labute approximate surface area is 120 Å². The van der Waals surface area contributed by atoms with Crippen molar-refractivity contribution in [3.8, 4) is 0 Å². The molecule has 0 radical (unpaired) electrons. The third kappa shape index (κ3) is 11.4. The average Bonchev–Trinajstić information content (AvgIpc) is 2.36. The second-order valence-corrected chi connectivity index (χ2v) is 6.15. The highest BCUT2D eigenvalue weighted by Gasteiger charge is 2.23. The van der Waals surface area contributed by atoms with E-state index in [2.05, 4.69) is 33.0 Å². The van der Waals surface area contributed by atoms with Gasteiger partial charge in [0.2, 0.25) is 0 Å². The first-order valence-corrected chi connectivity index (χ1v) is 8.00. The van der Waals surface area contributed by atoms with E-state index in [4.69, 9.17) is 4.74 Å². The van der Waals surface area contributed by atoms with Gasteiger partial charge in [-0.05, 0) is 19.8 Å². The van der Waals surface area contributed by atoms with Crippen LogP contribution in [0.25, 0.3) is 0 Å². The van der Waals surface area contributed by atoms with Gasteiger partial charge in [0.1, 0.15) is 0 Å². The van der Waals surface area contributed by atoms with E-state index in [0.29, 0.717) is 6.04 Å². The first-order valence-electron chi connectivity index (χ1n) is 8.00. The Balaban J connectivity index is 3.46. The van der Waals surface area contributed by atoms with Crippen LogP contribution in [-0.2, 0) is 4.74 Å². The van der Waals surface area contributed by atoms with E-state index >= 15 is 0 Å². The summed E-state index contributed by atoms with van der Waals surface area (Å²) in [5.74, 6) is 0. The van der Waals surface area contributed by atoms with Crippen molar-refractivity contribution in [1.29, 1.82) is 0 Å². The van der Waals surface area contributed by atoms with Crippen molar-refractivity contribution in [2.24, 2.45) is 0 Å². The fraction of sp³-hybridized carbons (Fsp3) is 1.00. The summed E-state index contributed by atoms with van der Waals surface area (Å²) >= 11 is 0. The van der Waals surface area contributed by atoms with Gasteiger partial charge in [-0.1, -0.05) is 52.9 Å². The standard InChI is InChI=1S/C16H35NO2/c1-5-6-7-8-9-10-12-19-13-11-16(4,14-18)17-15(2)3/h15,17-18H,5-14H2,1-4H3. The Morgan fingerprint density at radius 3 is 2.26 bits per heavy atom. The van der Waals surface area contributed by atoms with Crippen LogP contribution in [0.2, 0.25) is 0 Å². The molecule has 0 saturated carbocycles. The lowest BCUT2D eigenvalue weighted by molar-refractivity contribution is 0.0814. The molecular formula is C16H35NO2. The van der Waals surface area contributed by atoms with E-state index in [1.165, 1.54) is 32.1 Å². The lowest BCUT2D eigenvalue weighted by Crippen LogP contribution is -2.49. The molecule has 19 heavy (non-hydrogen) atoms. The lowest BCUT2D eigenvalue weighted by atomic mass is 9.98. The van der Waals surface area contributed by atoms with Crippen LogP contribution in [0.1, 0.15) is 72.6 Å². The summed E-state index contributed by atoms with van der Waals surface area (Å²) in [7, 11) is 0. The van der Waals surface area contributed by atoms with E-state index in [9.17, 15) is 5.11 Å². The first kappa shape index (κ1) is 18.9. The third-order valence-electron chi connectivity index (χ3n) is 3.43. The average molecular weight is 273 g/mol. The second kappa shape index (κ2) is 11.7. The molecule has 1 atom stereocenters. The Kier molecular flexibility index (Phi) is 11.6. The van der Waals surface area contributed by atoms with E-state index in [-0.39, 0.29) is 12.1 Å². The summed E-state index contributed by atoms with van der Waals surface area (Å²) in [6.45, 7) is 10.2. The third-order valence-corrected chi connectivity index (χ3v) is 3.43. The van der Waals surface area contributed by atoms with E-state index in [1.807, 2.05) is 0 Å². The predicted octanol–water partition coefficient (Wildman–Crippen LogP) is 3.50. The van der Waals surface area contributed by atoms with Gasteiger partial charge in [-0.25, -0.2) is 0 Å². The molecule has 0 aliphatic heterocycles. The number of aliphatic hydroxyl groups is 1. The normalized spacial score (nSPS) is 14.8. The highest BCUT2D eigenvalue weighted by molar-refractivity contribution is 4.83. The van der Waals surface area contributed by atoms with Gasteiger partial charge in [-0.15, -0.1) is 0 Å². The van der Waals surface area contributed by atoms with Crippen LogP contribution in [0.15, 0.2) is 0 Å². The molecule has 3 heteroatoms. The van der Waals surface area contributed by atoms with Crippen molar-refractivity contribution in [3.63, 3.8) is 0 Å². The molecule has 0 bridgehead atoms. The monoisotopic (exact) mass is 273 g/mol. The van der Waals surface area contributed by atoms with Crippen molar-refractivity contribution in [2.75, 3.05) is 19.8 Å². The summed E-state index contributed by atoms with van der Waals surface area (Å²) in [6.07, 6.45) is 8.66. The molecule has 0 fully saturated rings. The number of ether oxygens (including phenoxy) is 1. The minimum atomic E-state index is -0.213. The van der Waals surface area contributed by atoms with E-state index in [1.54, 1.807) is 0 Å². The van der Waals surface area contributed by atoms with Gasteiger partial charge in [0.25, 0.3) is 0 Å². The van der Waals surface area contributed by atoms with Crippen molar-refractivity contribution >= 4 is 0 Å². The molecule has 0 spiro atoms. The van der Waals surface area contributed by atoms with Crippen molar-refractivity contribution in [1.82, 2.24) is 5.32 Å². The van der Waals surface area contributed by atoms with Crippen LogP contribution in [0.4, 0.5) is 0 Å². The number of nitrogens with one attached hydrogen (secondary N) is 1. The molecule has 1 unspecified atom stereocenters. The van der Waals surface area contributed by atoms with E-state index in [0.717, 1.165) is 26.1 Å². The van der Waals surface area contributed by atoms with E-state index < -0.39 is 0 Å². The fourth-order valence-corrected chi connectivity index (χ4v) is 2.28. The SMILES string of the molecule is CCCCCCCCOCCC(C)(CO)NC(C)C. The molecule has 0 aliphatic carbocycles. The highest BCUT2D eigenvalue weighted by Crippen LogP contribution is 2.11. The molecule has 2 N–H and O–H groups in total. The maximum Gasteiger partial charge on any atom is 0.0611 e. The molecule has 0 aromatic rings. The van der Waals surface area contributed by atoms with Crippen LogP contribution < -0.4 is 5.32 Å². The lowest BCUT2D eigenvalue weighted by Gasteiger charge is -2.31. The maximum atomic E-state index is 9.44. The molecule has 0 rings (SSSR count). The quantitative estimate of drug-likeness (QED) is 0.505. The maximum absolute atomic E-state index is 9.44. The van der Waals surface area contributed by atoms with Crippen molar-refractivity contribution in [2.45, 2.75) is 84.2 Å². The van der Waals surface area contributed by atoms with Crippen LogP contribution >= 0.6 is 0 Å². The molecule has 0 saturated heterocycles. The van der Waals surface area contributed by atoms with Gasteiger partial charge < -0.3 is 15.2 Å². The number of aliphatic hydroxyl groups excluding tert-OH is 1. The Morgan fingerprint density at radius 1 is 1.05 bits per heavy atom. The molecule has 0 amide bonds. The molecule has 116 valence electrons. The van der Waals surface area contributed by atoms with Crippen LogP contribution in [0, 0.1) is 0 Å². The van der Waals surface area contributed by atoms with Gasteiger partial charge >= 0.3 is 0 Å². The number of hydrogen-bond donors (Lipinski definition) is 2. The van der Waals surface area contributed by atoms with Crippen LogP contribution in [0.3, 0.4) is 0 Å². The van der Waals surface area contributed by atoms with Crippen molar-refractivity contribution in [3.05, 3.63) is 0 Å². The summed E-state index contributed by atoms with van der Waals surface area (Å²) in [6, 6.07) is 0.385. The molecule has 0 heterocycles. The zero-order valence-electron chi connectivity index (χ0n) is 13.5. The number of unbranched alkanes of at least 4 members (excludes halogenated alkanes) is 5. The smallest absolute Gasteiger partial charge is 0.0611 e.